The molecule has 5 nitrogen and oxygen atoms in total. The second-order valence-electron chi connectivity index (χ2n) is 7.56. The molecule has 1 aromatic heterocycles. The Hall–Kier alpha value is -2.67. The summed E-state index contributed by atoms with van der Waals surface area (Å²) in [5.41, 5.74) is 1.58. The molecule has 0 aliphatic rings. The molecule has 2 aromatic carbocycles. The topological polar surface area (TPSA) is 59.8 Å². The third-order valence-electron chi connectivity index (χ3n) is 5.02. The molecule has 0 spiro atoms. The van der Waals surface area contributed by atoms with Crippen LogP contribution in [0.3, 0.4) is 0 Å². The van der Waals surface area contributed by atoms with Gasteiger partial charge in [-0.15, -0.1) is 10.2 Å². The summed E-state index contributed by atoms with van der Waals surface area (Å²) in [5, 5.41) is 12.1. The summed E-state index contributed by atoms with van der Waals surface area (Å²) in [4.78, 5) is 12.3. The Morgan fingerprint density at radius 3 is 2.47 bits per heavy atom. The van der Waals surface area contributed by atoms with E-state index in [1.54, 1.807) is 18.2 Å². The summed E-state index contributed by atoms with van der Waals surface area (Å²) in [5.74, 6) is 0.679. The summed E-state index contributed by atoms with van der Waals surface area (Å²) in [6.07, 6.45) is 0.754. The number of carbonyl (C=O) groups is 1. The van der Waals surface area contributed by atoms with Crippen molar-refractivity contribution in [3.8, 4) is 11.4 Å². The van der Waals surface area contributed by atoms with Gasteiger partial charge >= 0.3 is 0 Å². The van der Waals surface area contributed by atoms with Crippen molar-refractivity contribution in [1.29, 1.82) is 0 Å². The predicted octanol–water partition coefficient (Wildman–Crippen LogP) is 4.58. The van der Waals surface area contributed by atoms with E-state index < -0.39 is 0 Å². The minimum atomic E-state index is -0.342. The highest BCUT2D eigenvalue weighted by Gasteiger charge is 2.19. The van der Waals surface area contributed by atoms with Gasteiger partial charge in [-0.25, -0.2) is 4.39 Å². The normalized spacial score (nSPS) is 12.2. The monoisotopic (exact) mass is 426 g/mol. The molecule has 158 valence electrons. The Balaban J connectivity index is 1.80. The Bertz CT molecular complexity index is 974. The van der Waals surface area contributed by atoms with E-state index >= 15 is 0 Å². The van der Waals surface area contributed by atoms with Crippen molar-refractivity contribution in [2.75, 3.05) is 5.75 Å². The molecule has 0 radical (unpaired) electrons. The van der Waals surface area contributed by atoms with Crippen LogP contribution < -0.4 is 5.32 Å². The van der Waals surface area contributed by atoms with Gasteiger partial charge in [0.25, 0.3) is 0 Å². The van der Waals surface area contributed by atoms with Gasteiger partial charge in [-0.05, 0) is 37.0 Å². The Morgan fingerprint density at radius 1 is 1.07 bits per heavy atom. The molecule has 0 aliphatic heterocycles. The molecule has 1 unspecified atom stereocenters. The van der Waals surface area contributed by atoms with Crippen molar-refractivity contribution in [3.05, 3.63) is 66.0 Å². The third-order valence-corrected chi connectivity index (χ3v) is 5.99. The molecule has 3 rings (SSSR count). The molecular formula is C23H27FN4OS. The highest BCUT2D eigenvalue weighted by Crippen LogP contribution is 2.26. The Kier molecular flexibility index (Phi) is 7.63. The Morgan fingerprint density at radius 2 is 1.77 bits per heavy atom. The van der Waals surface area contributed by atoms with Gasteiger partial charge in [0.2, 0.25) is 5.91 Å². The number of carbonyl (C=O) groups excluding carboxylic acids is 1. The van der Waals surface area contributed by atoms with Crippen LogP contribution in [0.4, 0.5) is 4.39 Å². The average molecular weight is 427 g/mol. The molecule has 3 aromatic rings. The van der Waals surface area contributed by atoms with Gasteiger partial charge in [0.15, 0.2) is 11.0 Å². The summed E-state index contributed by atoms with van der Waals surface area (Å²) < 4.78 is 16.3. The molecule has 1 atom stereocenters. The van der Waals surface area contributed by atoms with Crippen molar-refractivity contribution in [3.63, 3.8) is 0 Å². The quantitative estimate of drug-likeness (QED) is 0.509. The van der Waals surface area contributed by atoms with Crippen molar-refractivity contribution in [2.45, 2.75) is 44.9 Å². The number of hydrogen-bond donors (Lipinski definition) is 1. The standard InChI is InChI=1S/C23H27FN4OS/c1-16(2)17(3)25-21(29)15-30-23-27-26-22(19-11-7-8-12-20(19)24)28(23)14-13-18-9-5-4-6-10-18/h4-12,16-17H,13-15H2,1-3H3,(H,25,29). The van der Waals surface area contributed by atoms with E-state index in [0.29, 0.717) is 29.0 Å². The lowest BCUT2D eigenvalue weighted by atomic mass is 10.1. The van der Waals surface area contributed by atoms with E-state index in [1.807, 2.05) is 29.7 Å². The highest BCUT2D eigenvalue weighted by molar-refractivity contribution is 7.99. The van der Waals surface area contributed by atoms with Crippen LogP contribution in [0.15, 0.2) is 59.8 Å². The number of thioether (sulfide) groups is 1. The molecule has 0 aliphatic carbocycles. The molecule has 0 saturated heterocycles. The number of halogens is 1. The molecule has 0 fully saturated rings. The summed E-state index contributed by atoms with van der Waals surface area (Å²) in [6, 6.07) is 16.7. The minimum Gasteiger partial charge on any atom is -0.353 e. The number of rotatable bonds is 9. The van der Waals surface area contributed by atoms with Gasteiger partial charge in [0, 0.05) is 12.6 Å². The predicted molar refractivity (Wildman–Crippen MR) is 119 cm³/mol. The smallest absolute Gasteiger partial charge is 0.230 e. The largest absolute Gasteiger partial charge is 0.353 e. The van der Waals surface area contributed by atoms with E-state index in [1.165, 1.54) is 23.4 Å². The lowest BCUT2D eigenvalue weighted by molar-refractivity contribution is -0.119. The summed E-state index contributed by atoms with van der Waals surface area (Å²) in [7, 11) is 0. The molecule has 1 amide bonds. The molecule has 7 heteroatoms. The maximum Gasteiger partial charge on any atom is 0.230 e. The van der Waals surface area contributed by atoms with Crippen molar-refractivity contribution in [1.82, 2.24) is 20.1 Å². The van der Waals surface area contributed by atoms with Crippen LogP contribution in [0.5, 0.6) is 0 Å². The molecule has 1 heterocycles. The zero-order valence-corrected chi connectivity index (χ0v) is 18.3. The number of amides is 1. The third kappa shape index (κ3) is 5.69. The fourth-order valence-electron chi connectivity index (χ4n) is 2.92. The van der Waals surface area contributed by atoms with Crippen molar-refractivity contribution in [2.24, 2.45) is 5.92 Å². The fourth-order valence-corrected chi connectivity index (χ4v) is 3.69. The van der Waals surface area contributed by atoms with Gasteiger partial charge in [0.05, 0.1) is 11.3 Å². The van der Waals surface area contributed by atoms with Crippen molar-refractivity contribution < 1.29 is 9.18 Å². The summed E-state index contributed by atoms with van der Waals surface area (Å²) >= 11 is 1.32. The van der Waals surface area contributed by atoms with Crippen LogP contribution in [0.1, 0.15) is 26.3 Å². The van der Waals surface area contributed by atoms with Crippen LogP contribution in [0.25, 0.3) is 11.4 Å². The van der Waals surface area contributed by atoms with Gasteiger partial charge in [-0.1, -0.05) is 68.1 Å². The number of nitrogens with zero attached hydrogens (tertiary/aromatic N) is 3. The first-order chi connectivity index (χ1) is 14.5. The first-order valence-corrected chi connectivity index (χ1v) is 11.1. The Labute approximate surface area is 181 Å². The van der Waals surface area contributed by atoms with Gasteiger partial charge in [-0.3, -0.25) is 4.79 Å². The second kappa shape index (κ2) is 10.4. The van der Waals surface area contributed by atoms with Crippen LogP contribution >= 0.6 is 11.8 Å². The fraction of sp³-hybridized carbons (Fsp3) is 0.348. The van der Waals surface area contributed by atoms with Gasteiger partial charge in [-0.2, -0.15) is 0 Å². The molecule has 1 N–H and O–H groups in total. The molecule has 0 saturated carbocycles. The van der Waals surface area contributed by atoms with Crippen LogP contribution in [-0.2, 0) is 17.8 Å². The van der Waals surface area contributed by atoms with E-state index in [0.717, 1.165) is 6.42 Å². The zero-order chi connectivity index (χ0) is 21.5. The number of benzene rings is 2. The number of aromatic nitrogens is 3. The van der Waals surface area contributed by atoms with Crippen LogP contribution in [0.2, 0.25) is 0 Å². The second-order valence-corrected chi connectivity index (χ2v) is 8.50. The minimum absolute atomic E-state index is 0.0498. The SMILES string of the molecule is CC(C)C(C)NC(=O)CSc1nnc(-c2ccccc2F)n1CCc1ccccc1. The van der Waals surface area contributed by atoms with Gasteiger partial charge < -0.3 is 9.88 Å². The molecule has 30 heavy (non-hydrogen) atoms. The lowest BCUT2D eigenvalue weighted by Gasteiger charge is -2.17. The molecule has 0 bridgehead atoms. The molecular weight excluding hydrogens is 399 g/mol. The van der Waals surface area contributed by atoms with Crippen LogP contribution in [0, 0.1) is 11.7 Å². The maximum absolute atomic E-state index is 14.4. The zero-order valence-electron chi connectivity index (χ0n) is 17.5. The summed E-state index contributed by atoms with van der Waals surface area (Å²) in [6.45, 7) is 6.72. The van der Waals surface area contributed by atoms with E-state index in [-0.39, 0.29) is 23.5 Å². The van der Waals surface area contributed by atoms with E-state index in [9.17, 15) is 9.18 Å². The number of hydrogen-bond acceptors (Lipinski definition) is 4. The maximum atomic E-state index is 14.4. The average Bonchev–Trinajstić information content (AvgIpc) is 3.14. The van der Waals surface area contributed by atoms with Crippen molar-refractivity contribution >= 4 is 17.7 Å². The lowest BCUT2D eigenvalue weighted by Crippen LogP contribution is -2.37. The van der Waals surface area contributed by atoms with Gasteiger partial charge in [0.1, 0.15) is 5.82 Å². The highest BCUT2D eigenvalue weighted by atomic mass is 32.2. The first kappa shape index (κ1) is 22.0. The number of nitrogens with one attached hydrogen (secondary N) is 1. The first-order valence-electron chi connectivity index (χ1n) is 10.1. The number of aryl methyl sites for hydroxylation is 1. The van der Waals surface area contributed by atoms with E-state index in [2.05, 4.69) is 41.5 Å². The van der Waals surface area contributed by atoms with E-state index in [4.69, 9.17) is 0 Å². The van der Waals surface area contributed by atoms with Crippen LogP contribution in [-0.4, -0.2) is 32.5 Å².